The second kappa shape index (κ2) is 8.63. The third-order valence-electron chi connectivity index (χ3n) is 3.68. The van der Waals surface area contributed by atoms with E-state index in [1.807, 2.05) is 56.3 Å². The summed E-state index contributed by atoms with van der Waals surface area (Å²) in [4.78, 5) is 23.1. The van der Waals surface area contributed by atoms with E-state index in [4.69, 9.17) is 5.73 Å². The van der Waals surface area contributed by atoms with Crippen LogP contribution in [0.2, 0.25) is 0 Å². The molecule has 0 radical (unpaired) electrons. The molecule has 0 aromatic heterocycles. The molecule has 1 atom stereocenters. The van der Waals surface area contributed by atoms with Gasteiger partial charge in [-0.2, -0.15) is 5.10 Å². The standard InChI is InChI=1S/C19H22N4O2/c1-13(2)17(12-21-23-19(20)25)22-18(24)16-10-8-15(9-11-16)14-6-4-3-5-7-14/h3-13,17H,1-2H3,(H,22,24)(H3,20,23,25)/b21-12+/t17-/m1/s1. The van der Waals surface area contributed by atoms with Gasteiger partial charge in [0.15, 0.2) is 0 Å². The number of amides is 3. The molecule has 0 bridgehead atoms. The number of carbonyl (C=O) groups is 2. The van der Waals surface area contributed by atoms with E-state index in [9.17, 15) is 9.59 Å². The zero-order valence-electron chi connectivity index (χ0n) is 14.3. The number of hydrogen-bond donors (Lipinski definition) is 3. The third kappa shape index (κ3) is 5.46. The van der Waals surface area contributed by atoms with E-state index in [2.05, 4.69) is 15.8 Å². The molecule has 0 spiro atoms. The quantitative estimate of drug-likeness (QED) is 0.558. The van der Waals surface area contributed by atoms with Gasteiger partial charge >= 0.3 is 6.03 Å². The van der Waals surface area contributed by atoms with Gasteiger partial charge < -0.3 is 11.1 Å². The molecule has 2 aromatic rings. The van der Waals surface area contributed by atoms with Gasteiger partial charge in [0.2, 0.25) is 0 Å². The molecule has 3 amide bonds. The number of benzene rings is 2. The molecule has 2 rings (SSSR count). The first-order valence-corrected chi connectivity index (χ1v) is 8.02. The minimum Gasteiger partial charge on any atom is -0.350 e. The van der Waals surface area contributed by atoms with Crippen molar-refractivity contribution in [1.82, 2.24) is 10.7 Å². The maximum Gasteiger partial charge on any atom is 0.332 e. The Morgan fingerprint density at radius 1 is 1.00 bits per heavy atom. The molecule has 6 nitrogen and oxygen atoms in total. The maximum absolute atomic E-state index is 12.4. The summed E-state index contributed by atoms with van der Waals surface area (Å²) >= 11 is 0. The van der Waals surface area contributed by atoms with Crippen LogP contribution >= 0.6 is 0 Å². The van der Waals surface area contributed by atoms with Gasteiger partial charge in [0.1, 0.15) is 0 Å². The Balaban J connectivity index is 2.06. The van der Waals surface area contributed by atoms with Gasteiger partial charge in [-0.25, -0.2) is 10.2 Å². The first-order valence-electron chi connectivity index (χ1n) is 8.02. The summed E-state index contributed by atoms with van der Waals surface area (Å²) in [6, 6.07) is 16.3. The average Bonchev–Trinajstić information content (AvgIpc) is 2.61. The van der Waals surface area contributed by atoms with Crippen molar-refractivity contribution >= 4 is 18.2 Å². The molecule has 0 aliphatic heterocycles. The van der Waals surface area contributed by atoms with Crippen molar-refractivity contribution in [1.29, 1.82) is 0 Å². The fourth-order valence-electron chi connectivity index (χ4n) is 2.24. The van der Waals surface area contributed by atoms with E-state index >= 15 is 0 Å². The van der Waals surface area contributed by atoms with Crippen LogP contribution in [-0.2, 0) is 0 Å². The highest BCUT2D eigenvalue weighted by atomic mass is 16.2. The average molecular weight is 338 g/mol. The number of nitrogens with two attached hydrogens (primary N) is 1. The van der Waals surface area contributed by atoms with Gasteiger partial charge in [-0.15, -0.1) is 0 Å². The minimum absolute atomic E-state index is 0.103. The number of hydrogen-bond acceptors (Lipinski definition) is 3. The summed E-state index contributed by atoms with van der Waals surface area (Å²) in [6.45, 7) is 3.89. The van der Waals surface area contributed by atoms with Crippen LogP contribution in [0.15, 0.2) is 59.7 Å². The van der Waals surface area contributed by atoms with Crippen molar-refractivity contribution in [2.45, 2.75) is 19.9 Å². The topological polar surface area (TPSA) is 96.6 Å². The summed E-state index contributed by atoms with van der Waals surface area (Å²) in [5, 5.41) is 6.61. The van der Waals surface area contributed by atoms with Crippen molar-refractivity contribution in [2.75, 3.05) is 0 Å². The lowest BCUT2D eigenvalue weighted by Gasteiger charge is -2.18. The van der Waals surface area contributed by atoms with Crippen LogP contribution in [0.1, 0.15) is 24.2 Å². The molecule has 0 heterocycles. The molecule has 25 heavy (non-hydrogen) atoms. The number of nitrogens with one attached hydrogen (secondary N) is 2. The molecule has 0 saturated carbocycles. The number of nitrogens with zero attached hydrogens (tertiary/aromatic N) is 1. The molecule has 0 aliphatic carbocycles. The number of urea groups is 1. The lowest BCUT2D eigenvalue weighted by molar-refractivity contribution is 0.0940. The first kappa shape index (κ1) is 18.2. The smallest absolute Gasteiger partial charge is 0.332 e. The Hall–Kier alpha value is -3.15. The van der Waals surface area contributed by atoms with Crippen LogP contribution in [0.4, 0.5) is 4.79 Å². The molecule has 0 aliphatic rings. The third-order valence-corrected chi connectivity index (χ3v) is 3.68. The van der Waals surface area contributed by atoms with Gasteiger partial charge in [-0.1, -0.05) is 56.3 Å². The number of carbonyl (C=O) groups excluding carboxylic acids is 2. The molecular weight excluding hydrogens is 316 g/mol. The van der Waals surface area contributed by atoms with E-state index in [-0.39, 0.29) is 17.9 Å². The summed E-state index contributed by atoms with van der Waals surface area (Å²) < 4.78 is 0. The Kier molecular flexibility index (Phi) is 6.28. The molecule has 130 valence electrons. The number of hydrazone groups is 1. The Labute approximate surface area is 147 Å². The normalized spacial score (nSPS) is 12.1. The minimum atomic E-state index is -0.749. The molecule has 0 unspecified atom stereocenters. The Morgan fingerprint density at radius 3 is 2.16 bits per heavy atom. The SMILES string of the molecule is CC(C)[C@@H](/C=N/NC(N)=O)NC(=O)c1ccc(-c2ccccc2)cc1. The number of primary amides is 1. The predicted octanol–water partition coefficient (Wildman–Crippen LogP) is 2.76. The largest absolute Gasteiger partial charge is 0.350 e. The predicted molar refractivity (Wildman–Crippen MR) is 99.2 cm³/mol. The summed E-state index contributed by atoms with van der Waals surface area (Å²) in [5.41, 5.74) is 9.78. The van der Waals surface area contributed by atoms with Crippen LogP contribution in [0, 0.1) is 5.92 Å². The van der Waals surface area contributed by atoms with E-state index in [0.717, 1.165) is 11.1 Å². The van der Waals surface area contributed by atoms with Gasteiger partial charge in [-0.3, -0.25) is 4.79 Å². The molecule has 2 aromatic carbocycles. The fraction of sp³-hybridized carbons (Fsp3) is 0.211. The zero-order valence-corrected chi connectivity index (χ0v) is 14.3. The van der Waals surface area contributed by atoms with E-state index in [1.54, 1.807) is 12.1 Å². The van der Waals surface area contributed by atoms with Gasteiger partial charge in [0.25, 0.3) is 5.91 Å². The van der Waals surface area contributed by atoms with Gasteiger partial charge in [-0.05, 0) is 29.2 Å². The van der Waals surface area contributed by atoms with E-state index in [1.165, 1.54) is 6.21 Å². The van der Waals surface area contributed by atoms with Crippen molar-refractivity contribution in [3.8, 4) is 11.1 Å². The Bertz CT molecular complexity index is 740. The van der Waals surface area contributed by atoms with E-state index < -0.39 is 6.03 Å². The highest BCUT2D eigenvalue weighted by Crippen LogP contribution is 2.19. The van der Waals surface area contributed by atoms with Crippen LogP contribution in [0.3, 0.4) is 0 Å². The lowest BCUT2D eigenvalue weighted by atomic mass is 10.0. The molecule has 0 saturated heterocycles. The highest BCUT2D eigenvalue weighted by molar-refractivity contribution is 5.96. The first-order chi connectivity index (χ1) is 12.0. The molecule has 0 fully saturated rings. The van der Waals surface area contributed by atoms with Crippen LogP contribution < -0.4 is 16.5 Å². The summed E-state index contributed by atoms with van der Waals surface area (Å²) in [7, 11) is 0. The summed E-state index contributed by atoms with van der Waals surface area (Å²) in [6.07, 6.45) is 1.46. The van der Waals surface area contributed by atoms with Crippen LogP contribution in [0.5, 0.6) is 0 Å². The fourth-order valence-corrected chi connectivity index (χ4v) is 2.24. The maximum atomic E-state index is 12.4. The van der Waals surface area contributed by atoms with Crippen molar-refractivity contribution in [2.24, 2.45) is 16.8 Å². The zero-order chi connectivity index (χ0) is 18.2. The monoisotopic (exact) mass is 338 g/mol. The van der Waals surface area contributed by atoms with Crippen molar-refractivity contribution < 1.29 is 9.59 Å². The summed E-state index contributed by atoms with van der Waals surface area (Å²) in [5.74, 6) is -0.102. The molecule has 4 N–H and O–H groups in total. The van der Waals surface area contributed by atoms with Gasteiger partial charge in [0.05, 0.1) is 6.04 Å². The second-order valence-electron chi connectivity index (χ2n) is 5.94. The van der Waals surface area contributed by atoms with E-state index in [0.29, 0.717) is 5.56 Å². The molecule has 6 heteroatoms. The second-order valence-corrected chi connectivity index (χ2v) is 5.94. The highest BCUT2D eigenvalue weighted by Gasteiger charge is 2.15. The van der Waals surface area contributed by atoms with Gasteiger partial charge in [0, 0.05) is 11.8 Å². The Morgan fingerprint density at radius 2 is 1.60 bits per heavy atom. The molecular formula is C19H22N4O2. The van der Waals surface area contributed by atoms with Crippen molar-refractivity contribution in [3.05, 3.63) is 60.2 Å². The number of rotatable bonds is 6. The van der Waals surface area contributed by atoms with Crippen LogP contribution in [0.25, 0.3) is 11.1 Å². The van der Waals surface area contributed by atoms with Crippen molar-refractivity contribution in [3.63, 3.8) is 0 Å². The van der Waals surface area contributed by atoms with Crippen LogP contribution in [-0.4, -0.2) is 24.2 Å². The lowest BCUT2D eigenvalue weighted by Crippen LogP contribution is -2.40.